The first kappa shape index (κ1) is 21.1. The van der Waals surface area contributed by atoms with E-state index in [1.54, 1.807) is 12.1 Å². The molecule has 0 amide bonds. The van der Waals surface area contributed by atoms with E-state index in [-0.39, 0.29) is 29.7 Å². The Bertz CT molecular complexity index is 718. The molecule has 2 aromatic rings. The van der Waals surface area contributed by atoms with E-state index >= 15 is 0 Å². The minimum atomic E-state index is 0. The Kier molecular flexibility index (Phi) is 8.54. The number of hydrogen-bond donors (Lipinski definition) is 3. The molecular weight excluding hydrogens is 429 g/mol. The minimum absolute atomic E-state index is 0. The molecule has 2 aromatic carbocycles. The Balaban J connectivity index is 0.00000312. The van der Waals surface area contributed by atoms with Crippen molar-refractivity contribution in [1.29, 1.82) is 0 Å². The minimum Gasteiger partial charge on any atom is -0.504 e. The second-order valence-corrected chi connectivity index (χ2v) is 5.93. The average molecular weight is 455 g/mol. The highest BCUT2D eigenvalue weighted by atomic mass is 127. The fourth-order valence-electron chi connectivity index (χ4n) is 2.35. The molecule has 136 valence electrons. The summed E-state index contributed by atoms with van der Waals surface area (Å²) in [6.07, 6.45) is 0.713. The Morgan fingerprint density at radius 3 is 2.68 bits per heavy atom. The molecular formula is C19H26IN3O2. The van der Waals surface area contributed by atoms with Crippen LogP contribution >= 0.6 is 24.0 Å². The van der Waals surface area contributed by atoms with E-state index in [2.05, 4.69) is 36.3 Å². The zero-order valence-electron chi connectivity index (χ0n) is 14.8. The van der Waals surface area contributed by atoms with Crippen LogP contribution in [0.1, 0.15) is 30.9 Å². The van der Waals surface area contributed by atoms with Gasteiger partial charge in [0.15, 0.2) is 17.5 Å². The van der Waals surface area contributed by atoms with Crippen molar-refractivity contribution in [2.45, 2.75) is 26.2 Å². The van der Waals surface area contributed by atoms with Gasteiger partial charge in [-0.2, -0.15) is 0 Å². The van der Waals surface area contributed by atoms with E-state index in [1.807, 2.05) is 18.2 Å². The first-order valence-electron chi connectivity index (χ1n) is 8.02. The van der Waals surface area contributed by atoms with Crippen molar-refractivity contribution >= 4 is 35.6 Å². The molecule has 4 N–H and O–H groups in total. The summed E-state index contributed by atoms with van der Waals surface area (Å²) in [5, 5.41) is 12.7. The van der Waals surface area contributed by atoms with Crippen molar-refractivity contribution in [2.24, 2.45) is 10.7 Å². The zero-order chi connectivity index (χ0) is 17.5. The average Bonchev–Trinajstić information content (AvgIpc) is 2.56. The summed E-state index contributed by atoms with van der Waals surface area (Å²) in [6, 6.07) is 13.4. The lowest BCUT2D eigenvalue weighted by Crippen LogP contribution is -2.23. The molecule has 0 aliphatic heterocycles. The molecule has 0 unspecified atom stereocenters. The maximum absolute atomic E-state index is 9.59. The summed E-state index contributed by atoms with van der Waals surface area (Å²) >= 11 is 0. The number of aromatic hydroxyl groups is 1. The normalized spacial score (nSPS) is 11.1. The number of benzene rings is 2. The van der Waals surface area contributed by atoms with Gasteiger partial charge in [0.1, 0.15) is 0 Å². The smallest absolute Gasteiger partial charge is 0.193 e. The van der Waals surface area contributed by atoms with Crippen molar-refractivity contribution in [2.75, 3.05) is 19.0 Å². The molecule has 0 atom stereocenters. The Labute approximate surface area is 166 Å². The number of halogens is 1. The predicted octanol–water partition coefficient (Wildman–Crippen LogP) is 4.11. The Morgan fingerprint density at radius 2 is 2.00 bits per heavy atom. The van der Waals surface area contributed by atoms with Crippen molar-refractivity contribution < 1.29 is 9.84 Å². The summed E-state index contributed by atoms with van der Waals surface area (Å²) in [5.41, 5.74) is 9.17. The molecule has 0 aliphatic rings. The van der Waals surface area contributed by atoms with E-state index < -0.39 is 0 Å². The van der Waals surface area contributed by atoms with Crippen LogP contribution in [0.4, 0.5) is 5.69 Å². The monoisotopic (exact) mass is 455 g/mol. The van der Waals surface area contributed by atoms with Crippen molar-refractivity contribution in [3.63, 3.8) is 0 Å². The second kappa shape index (κ2) is 10.1. The third kappa shape index (κ3) is 6.45. The number of methoxy groups -OCH3 is 1. The van der Waals surface area contributed by atoms with Gasteiger partial charge in [0.25, 0.3) is 0 Å². The Morgan fingerprint density at radius 1 is 1.24 bits per heavy atom. The number of aliphatic imine (C=N–C) groups is 1. The Hall–Kier alpha value is -1.96. The molecule has 0 radical (unpaired) electrons. The van der Waals surface area contributed by atoms with Crippen LogP contribution in [0.3, 0.4) is 0 Å². The van der Waals surface area contributed by atoms with Crippen LogP contribution in [-0.4, -0.2) is 24.7 Å². The van der Waals surface area contributed by atoms with Crippen LogP contribution in [0.25, 0.3) is 0 Å². The highest BCUT2D eigenvalue weighted by molar-refractivity contribution is 14.0. The van der Waals surface area contributed by atoms with E-state index in [9.17, 15) is 5.11 Å². The zero-order valence-corrected chi connectivity index (χ0v) is 17.2. The molecule has 0 aromatic heterocycles. The first-order chi connectivity index (χ1) is 11.5. The number of guanidine groups is 1. The van der Waals surface area contributed by atoms with Gasteiger partial charge < -0.3 is 20.9 Å². The summed E-state index contributed by atoms with van der Waals surface area (Å²) < 4.78 is 5.10. The van der Waals surface area contributed by atoms with Crippen LogP contribution in [0.15, 0.2) is 47.5 Å². The summed E-state index contributed by atoms with van der Waals surface area (Å²) in [6.45, 7) is 4.86. The van der Waals surface area contributed by atoms with Gasteiger partial charge >= 0.3 is 0 Å². The fourth-order valence-corrected chi connectivity index (χ4v) is 2.35. The number of anilines is 1. The van der Waals surface area contributed by atoms with Gasteiger partial charge in [-0.1, -0.05) is 32.0 Å². The lowest BCUT2D eigenvalue weighted by molar-refractivity contribution is 0.373. The summed E-state index contributed by atoms with van der Waals surface area (Å²) in [7, 11) is 1.53. The molecule has 5 nitrogen and oxygen atoms in total. The molecule has 0 saturated carbocycles. The number of nitrogens with two attached hydrogens (primary N) is 1. The SMILES string of the molecule is COc1cc(CCN=C(N)Nc2cccc(C(C)C)c2)ccc1O.I. The van der Waals surface area contributed by atoms with Crippen LogP contribution < -0.4 is 15.8 Å². The van der Waals surface area contributed by atoms with Crippen LogP contribution in [0, 0.1) is 0 Å². The number of rotatable bonds is 6. The van der Waals surface area contributed by atoms with Gasteiger partial charge in [-0.3, -0.25) is 4.99 Å². The lowest BCUT2D eigenvalue weighted by atomic mass is 10.0. The first-order valence-corrected chi connectivity index (χ1v) is 8.02. The highest BCUT2D eigenvalue weighted by Gasteiger charge is 2.03. The van der Waals surface area contributed by atoms with Gasteiger partial charge in [0, 0.05) is 12.2 Å². The number of phenols is 1. The number of nitrogens with one attached hydrogen (secondary N) is 1. The largest absolute Gasteiger partial charge is 0.504 e. The molecule has 6 heteroatoms. The third-order valence-corrected chi connectivity index (χ3v) is 3.75. The molecule has 2 rings (SSSR count). The molecule has 0 saturated heterocycles. The lowest BCUT2D eigenvalue weighted by Gasteiger charge is -2.10. The van der Waals surface area contributed by atoms with E-state index in [1.165, 1.54) is 12.7 Å². The number of ether oxygens (including phenoxy) is 1. The third-order valence-electron chi connectivity index (χ3n) is 3.75. The van der Waals surface area contributed by atoms with Crippen LogP contribution in [-0.2, 0) is 6.42 Å². The molecule has 0 bridgehead atoms. The number of nitrogens with zero attached hydrogens (tertiary/aromatic N) is 1. The molecule has 0 spiro atoms. The molecule has 25 heavy (non-hydrogen) atoms. The predicted molar refractivity (Wildman–Crippen MR) is 114 cm³/mol. The fraction of sp³-hybridized carbons (Fsp3) is 0.316. The van der Waals surface area contributed by atoms with Gasteiger partial charge in [-0.25, -0.2) is 0 Å². The quantitative estimate of drug-likeness (QED) is 0.348. The maximum atomic E-state index is 9.59. The van der Waals surface area contributed by atoms with Gasteiger partial charge in [-0.15, -0.1) is 24.0 Å². The van der Waals surface area contributed by atoms with Gasteiger partial charge in [-0.05, 0) is 47.7 Å². The molecule has 0 aliphatic carbocycles. The van der Waals surface area contributed by atoms with Crippen LogP contribution in [0.5, 0.6) is 11.5 Å². The maximum Gasteiger partial charge on any atom is 0.193 e. The van der Waals surface area contributed by atoms with E-state index in [0.29, 0.717) is 30.6 Å². The van der Waals surface area contributed by atoms with Crippen molar-refractivity contribution in [3.05, 3.63) is 53.6 Å². The summed E-state index contributed by atoms with van der Waals surface area (Å²) in [4.78, 5) is 4.35. The standard InChI is InChI=1S/C19H25N3O2.HI/c1-13(2)15-5-4-6-16(12-15)22-19(20)21-10-9-14-7-8-17(23)18(11-14)24-3;/h4-8,11-13,23H,9-10H2,1-3H3,(H3,20,21,22);1H. The van der Waals surface area contributed by atoms with Gasteiger partial charge in [0.05, 0.1) is 7.11 Å². The highest BCUT2D eigenvalue weighted by Crippen LogP contribution is 2.26. The molecule has 0 fully saturated rings. The number of phenolic OH excluding ortho intramolecular Hbond substituents is 1. The van der Waals surface area contributed by atoms with E-state index in [0.717, 1.165) is 11.3 Å². The van der Waals surface area contributed by atoms with Crippen molar-refractivity contribution in [3.8, 4) is 11.5 Å². The van der Waals surface area contributed by atoms with E-state index in [4.69, 9.17) is 10.5 Å². The van der Waals surface area contributed by atoms with Crippen LogP contribution in [0.2, 0.25) is 0 Å². The molecule has 0 heterocycles. The number of hydrogen-bond acceptors (Lipinski definition) is 3. The second-order valence-electron chi connectivity index (χ2n) is 5.93. The van der Waals surface area contributed by atoms with Crippen molar-refractivity contribution in [1.82, 2.24) is 0 Å². The topological polar surface area (TPSA) is 79.9 Å². The van der Waals surface area contributed by atoms with Gasteiger partial charge in [0.2, 0.25) is 0 Å². The summed E-state index contributed by atoms with van der Waals surface area (Å²) in [5.74, 6) is 1.46.